The van der Waals surface area contributed by atoms with Crippen molar-refractivity contribution in [2.24, 2.45) is 40.9 Å². The van der Waals surface area contributed by atoms with Gasteiger partial charge in [0.15, 0.2) is 0 Å². The zero-order valence-corrected chi connectivity index (χ0v) is 24.0. The molecule has 206 valence electrons. The van der Waals surface area contributed by atoms with Crippen LogP contribution in [0.5, 0.6) is 0 Å². The first-order valence-electron chi connectivity index (χ1n) is 15.5. The Morgan fingerprint density at radius 3 is 2.76 bits per heavy atom. The molecular formula is C32H50N2O3. The molecule has 0 bridgehead atoms. The van der Waals surface area contributed by atoms with E-state index in [2.05, 4.69) is 37.9 Å². The molecule has 2 heterocycles. The number of hydrogen-bond acceptors (Lipinski definition) is 4. The Balaban J connectivity index is 1.23. The Kier molecular flexibility index (Phi) is 6.66. The van der Waals surface area contributed by atoms with E-state index < -0.39 is 0 Å². The number of nitrogens with zero attached hydrogens (tertiary/aromatic N) is 1. The minimum Gasteiger partial charge on any atom is -0.369 e. The highest BCUT2D eigenvalue weighted by Gasteiger charge is 2.60. The summed E-state index contributed by atoms with van der Waals surface area (Å²) < 4.78 is 7.20. The van der Waals surface area contributed by atoms with Crippen molar-refractivity contribution in [1.29, 1.82) is 0 Å². The van der Waals surface area contributed by atoms with Gasteiger partial charge in [0.2, 0.25) is 5.91 Å². The Labute approximate surface area is 224 Å². The van der Waals surface area contributed by atoms with Gasteiger partial charge in [-0.1, -0.05) is 31.9 Å². The lowest BCUT2D eigenvalue weighted by molar-refractivity contribution is -0.130. The van der Waals surface area contributed by atoms with Crippen LogP contribution >= 0.6 is 0 Å². The lowest BCUT2D eigenvalue weighted by Crippen LogP contribution is -2.53. The van der Waals surface area contributed by atoms with Gasteiger partial charge in [-0.3, -0.25) is 14.5 Å². The minimum atomic E-state index is -0.0407. The largest absolute Gasteiger partial charge is 0.369 e. The molecule has 5 heteroatoms. The SMILES string of the molecule is CC(=O)NCCN1CC(C)CC2OC3(CCC4C(=C(C)C3)CC3C4CCC4CC(=O)CCC43C)C(C)C21. The van der Waals surface area contributed by atoms with Crippen LogP contribution in [0.3, 0.4) is 0 Å². The number of likely N-dealkylation sites (tertiary alicyclic amines) is 1. The lowest BCUT2D eigenvalue weighted by Gasteiger charge is -2.52. The summed E-state index contributed by atoms with van der Waals surface area (Å²) in [7, 11) is 0. The molecule has 3 saturated carbocycles. The maximum Gasteiger partial charge on any atom is 0.216 e. The number of piperidine rings is 1. The predicted molar refractivity (Wildman–Crippen MR) is 146 cm³/mol. The predicted octanol–water partition coefficient (Wildman–Crippen LogP) is 5.53. The fourth-order valence-corrected chi connectivity index (χ4v) is 10.6. The molecular weight excluding hydrogens is 460 g/mol. The van der Waals surface area contributed by atoms with Gasteiger partial charge in [0.05, 0.1) is 11.7 Å². The van der Waals surface area contributed by atoms with Gasteiger partial charge in [0.25, 0.3) is 0 Å². The van der Waals surface area contributed by atoms with Crippen molar-refractivity contribution in [1.82, 2.24) is 10.2 Å². The van der Waals surface area contributed by atoms with Gasteiger partial charge in [-0.25, -0.2) is 0 Å². The zero-order chi connectivity index (χ0) is 26.1. The van der Waals surface area contributed by atoms with Crippen LogP contribution in [0.15, 0.2) is 11.1 Å². The number of nitrogens with one attached hydrogen (secondary N) is 1. The van der Waals surface area contributed by atoms with Crippen LogP contribution in [0, 0.1) is 40.9 Å². The van der Waals surface area contributed by atoms with Crippen molar-refractivity contribution in [2.75, 3.05) is 19.6 Å². The number of Topliss-reactive ketones (excluding diaryl/α,β-unsaturated/α-hetero) is 1. The maximum absolute atomic E-state index is 12.3. The Bertz CT molecular complexity index is 975. The number of carbonyl (C=O) groups is 2. The second-order valence-electron chi connectivity index (χ2n) is 14.4. The number of rotatable bonds is 3. The average molecular weight is 511 g/mol. The van der Waals surface area contributed by atoms with E-state index in [0.717, 1.165) is 69.5 Å². The summed E-state index contributed by atoms with van der Waals surface area (Å²) in [6, 6.07) is 0.461. The lowest BCUT2D eigenvalue weighted by atomic mass is 9.52. The van der Waals surface area contributed by atoms with Crippen LogP contribution in [0.25, 0.3) is 0 Å². The highest BCUT2D eigenvalue weighted by Crippen LogP contribution is 2.65. The van der Waals surface area contributed by atoms with Gasteiger partial charge < -0.3 is 10.1 Å². The first-order chi connectivity index (χ1) is 17.6. The van der Waals surface area contributed by atoms with Crippen molar-refractivity contribution in [3.8, 4) is 0 Å². The molecule has 1 N–H and O–H groups in total. The number of ether oxygens (including phenoxy) is 1. The summed E-state index contributed by atoms with van der Waals surface area (Å²) in [6.45, 7) is 14.2. The fourth-order valence-electron chi connectivity index (χ4n) is 10.6. The highest BCUT2D eigenvalue weighted by atomic mass is 16.5. The summed E-state index contributed by atoms with van der Waals surface area (Å²) in [5.74, 6) is 4.65. The van der Waals surface area contributed by atoms with Gasteiger partial charge in [0, 0.05) is 51.4 Å². The molecule has 5 fully saturated rings. The van der Waals surface area contributed by atoms with Crippen LogP contribution in [0.4, 0.5) is 0 Å². The third-order valence-corrected chi connectivity index (χ3v) is 12.4. The molecule has 0 aromatic rings. The van der Waals surface area contributed by atoms with Crippen LogP contribution in [0.1, 0.15) is 98.8 Å². The molecule has 0 aromatic heterocycles. The van der Waals surface area contributed by atoms with Crippen molar-refractivity contribution in [2.45, 2.75) is 117 Å². The first kappa shape index (κ1) is 26.0. The number of allylic oxidation sites excluding steroid dienone is 1. The smallest absolute Gasteiger partial charge is 0.216 e. The van der Waals surface area contributed by atoms with E-state index in [0.29, 0.717) is 41.1 Å². The van der Waals surface area contributed by atoms with Gasteiger partial charge in [-0.2, -0.15) is 0 Å². The van der Waals surface area contributed by atoms with Crippen LogP contribution in [0.2, 0.25) is 0 Å². The topological polar surface area (TPSA) is 58.6 Å². The number of ketones is 1. The van der Waals surface area contributed by atoms with Crippen LogP contribution in [-0.2, 0) is 14.3 Å². The monoisotopic (exact) mass is 510 g/mol. The highest BCUT2D eigenvalue weighted by molar-refractivity contribution is 5.79. The fraction of sp³-hybridized carbons (Fsp3) is 0.875. The van der Waals surface area contributed by atoms with Crippen molar-refractivity contribution >= 4 is 11.7 Å². The summed E-state index contributed by atoms with van der Waals surface area (Å²) in [6.07, 6.45) is 11.7. The molecule has 5 nitrogen and oxygen atoms in total. The van der Waals surface area contributed by atoms with Gasteiger partial charge in [-0.15, -0.1) is 0 Å². The molecule has 0 aromatic carbocycles. The molecule has 2 aliphatic heterocycles. The summed E-state index contributed by atoms with van der Waals surface area (Å²) >= 11 is 0. The van der Waals surface area contributed by atoms with Gasteiger partial charge in [-0.05, 0) is 93.3 Å². The molecule has 1 spiro atoms. The molecule has 6 aliphatic rings. The van der Waals surface area contributed by atoms with E-state index in [-0.39, 0.29) is 11.5 Å². The Morgan fingerprint density at radius 1 is 1.16 bits per heavy atom. The second kappa shape index (κ2) is 9.47. The molecule has 0 radical (unpaired) electrons. The normalized spacial score (nSPS) is 47.8. The van der Waals surface area contributed by atoms with Crippen LogP contribution in [-0.4, -0.2) is 54.0 Å². The summed E-state index contributed by atoms with van der Waals surface area (Å²) in [5.41, 5.74) is 3.74. The number of carbonyl (C=O) groups excluding carboxylic acids is 2. The molecule has 4 aliphatic carbocycles. The first-order valence-corrected chi connectivity index (χ1v) is 15.5. The summed E-state index contributed by atoms with van der Waals surface area (Å²) in [4.78, 5) is 26.4. The number of hydrogen-bond donors (Lipinski definition) is 1. The molecule has 10 unspecified atom stereocenters. The molecule has 6 rings (SSSR count). The van der Waals surface area contributed by atoms with Gasteiger partial charge in [0.1, 0.15) is 5.78 Å². The van der Waals surface area contributed by atoms with Crippen LogP contribution < -0.4 is 5.32 Å². The molecule has 2 saturated heterocycles. The molecule has 10 atom stereocenters. The zero-order valence-electron chi connectivity index (χ0n) is 24.0. The Hall–Kier alpha value is -1.20. The van der Waals surface area contributed by atoms with E-state index in [9.17, 15) is 9.59 Å². The van der Waals surface area contributed by atoms with Crippen molar-refractivity contribution in [3.63, 3.8) is 0 Å². The van der Waals surface area contributed by atoms with E-state index in [4.69, 9.17) is 4.74 Å². The summed E-state index contributed by atoms with van der Waals surface area (Å²) in [5, 5.41) is 3.02. The van der Waals surface area contributed by atoms with Gasteiger partial charge >= 0.3 is 0 Å². The quantitative estimate of drug-likeness (QED) is 0.507. The van der Waals surface area contributed by atoms with Crippen molar-refractivity contribution in [3.05, 3.63) is 11.1 Å². The standard InChI is InChI=1S/C32H50N2O3/c1-19-14-29-30(34(18-19)13-12-33-22(4)35)21(3)32(37-29)11-9-25-26-7-6-23-15-24(36)8-10-31(23,5)28(26)16-27(25)20(2)17-32/h19,21,23,25-26,28-30H,6-18H2,1-5H3,(H,33,35). The van der Waals surface area contributed by atoms with E-state index >= 15 is 0 Å². The minimum absolute atomic E-state index is 0.0407. The van der Waals surface area contributed by atoms with E-state index in [1.807, 2.05) is 0 Å². The second-order valence-corrected chi connectivity index (χ2v) is 14.4. The van der Waals surface area contributed by atoms with E-state index in [1.165, 1.54) is 32.1 Å². The molecule has 37 heavy (non-hydrogen) atoms. The number of amides is 1. The third kappa shape index (κ3) is 4.26. The average Bonchev–Trinajstić information content (AvgIpc) is 3.29. The van der Waals surface area contributed by atoms with E-state index in [1.54, 1.807) is 18.1 Å². The molecule has 1 amide bonds. The Morgan fingerprint density at radius 2 is 1.97 bits per heavy atom. The maximum atomic E-state index is 12.3. The number of fused-ring (bicyclic) bond motifs is 6. The van der Waals surface area contributed by atoms with Crippen molar-refractivity contribution < 1.29 is 14.3 Å². The third-order valence-electron chi connectivity index (χ3n) is 12.4.